The highest BCUT2D eigenvalue weighted by Gasteiger charge is 2.38. The first-order valence-corrected chi connectivity index (χ1v) is 7.07. The van der Waals surface area contributed by atoms with Gasteiger partial charge in [0, 0.05) is 5.56 Å². The van der Waals surface area contributed by atoms with Gasteiger partial charge in [-0.25, -0.2) is 19.4 Å². The van der Waals surface area contributed by atoms with Crippen molar-refractivity contribution in [2.45, 2.75) is 0 Å². The molecule has 0 bridgehead atoms. The zero-order valence-corrected chi connectivity index (χ0v) is 13.4. The normalized spacial score (nSPS) is 12.2. The minimum atomic E-state index is -1.46. The molecule has 132 valence electrons. The second-order valence-electron chi connectivity index (χ2n) is 5.20. The number of carboxylic acid groups (broad SMARTS) is 1. The summed E-state index contributed by atoms with van der Waals surface area (Å²) in [4.78, 5) is 66.1. The number of hydrogen-bond acceptors (Lipinski definition) is 8. The number of methoxy groups -OCH3 is 2. The molecule has 2 aromatic heterocycles. The minimum absolute atomic E-state index is 0.0636. The third kappa shape index (κ3) is 2.35. The number of H-pyrrole nitrogens is 1. The van der Waals surface area contributed by atoms with Gasteiger partial charge in [-0.2, -0.15) is 0 Å². The average Bonchev–Trinajstić information content (AvgIpc) is 3.09. The number of aromatic nitrogens is 2. The lowest BCUT2D eigenvalue weighted by molar-refractivity contribution is 0.0585. The molecule has 1 aliphatic rings. The van der Waals surface area contributed by atoms with Crippen molar-refractivity contribution in [1.29, 1.82) is 0 Å². The zero-order valence-electron chi connectivity index (χ0n) is 13.4. The maximum atomic E-state index is 12.4. The Labute approximate surface area is 144 Å². The molecule has 2 N–H and O–H groups in total. The molecule has 0 fully saturated rings. The van der Waals surface area contributed by atoms with E-state index in [1.54, 1.807) is 0 Å². The number of carboxylic acids is 1. The number of carbonyl (C=O) groups is 5. The van der Waals surface area contributed by atoms with Crippen LogP contribution in [0, 0.1) is 0 Å². The Morgan fingerprint density at radius 1 is 1.04 bits per heavy atom. The van der Waals surface area contributed by atoms with E-state index in [9.17, 15) is 29.1 Å². The Balaban J connectivity index is 2.37. The maximum absolute atomic E-state index is 12.4. The number of nitrogens with one attached hydrogen (secondary N) is 1. The van der Waals surface area contributed by atoms with Gasteiger partial charge < -0.3 is 19.6 Å². The summed E-state index contributed by atoms with van der Waals surface area (Å²) in [6.07, 6.45) is 0. The van der Waals surface area contributed by atoms with Crippen LogP contribution in [0.3, 0.4) is 0 Å². The predicted molar refractivity (Wildman–Crippen MR) is 82.3 cm³/mol. The van der Waals surface area contributed by atoms with Gasteiger partial charge in [0.1, 0.15) is 17.1 Å². The molecule has 1 aliphatic carbocycles. The number of aromatic carboxylic acids is 1. The van der Waals surface area contributed by atoms with Gasteiger partial charge in [-0.05, 0) is 12.1 Å². The Bertz CT molecular complexity index is 1020. The van der Waals surface area contributed by atoms with Gasteiger partial charge in [0.15, 0.2) is 0 Å². The number of Topliss-reactive ketones (excluding diaryl/α,β-unsaturated/α-hetero) is 2. The quantitative estimate of drug-likeness (QED) is 0.597. The molecule has 0 amide bonds. The molecule has 0 saturated heterocycles. The van der Waals surface area contributed by atoms with Gasteiger partial charge in [0.25, 0.3) is 5.78 Å². The van der Waals surface area contributed by atoms with Crippen LogP contribution in [0.4, 0.5) is 0 Å². The van der Waals surface area contributed by atoms with Crippen molar-refractivity contribution in [3.63, 3.8) is 0 Å². The van der Waals surface area contributed by atoms with E-state index in [1.807, 2.05) is 0 Å². The van der Waals surface area contributed by atoms with Crippen LogP contribution in [0.1, 0.15) is 52.2 Å². The number of ether oxygens (including phenoxy) is 2. The van der Waals surface area contributed by atoms with E-state index in [-0.39, 0.29) is 22.5 Å². The first-order valence-electron chi connectivity index (χ1n) is 7.07. The summed E-state index contributed by atoms with van der Waals surface area (Å²) in [5.41, 5.74) is -1.98. The summed E-state index contributed by atoms with van der Waals surface area (Å²) in [6.45, 7) is 0. The van der Waals surface area contributed by atoms with Crippen LogP contribution >= 0.6 is 0 Å². The fourth-order valence-corrected chi connectivity index (χ4v) is 2.62. The molecular formula is C16H10N2O8. The lowest BCUT2D eigenvalue weighted by Gasteiger charge is -2.16. The lowest BCUT2D eigenvalue weighted by atomic mass is 9.88. The molecule has 0 radical (unpaired) electrons. The molecule has 0 saturated carbocycles. The fraction of sp³-hybridized carbons (Fsp3) is 0.125. The first-order chi connectivity index (χ1) is 12.3. The van der Waals surface area contributed by atoms with E-state index in [0.717, 1.165) is 26.4 Å². The summed E-state index contributed by atoms with van der Waals surface area (Å²) in [6, 6.07) is 2.03. The Hall–Kier alpha value is -3.82. The van der Waals surface area contributed by atoms with Gasteiger partial charge >= 0.3 is 17.9 Å². The van der Waals surface area contributed by atoms with Crippen molar-refractivity contribution < 1.29 is 38.6 Å². The Morgan fingerprint density at radius 2 is 1.69 bits per heavy atom. The van der Waals surface area contributed by atoms with Crippen LogP contribution in [0.15, 0.2) is 12.1 Å². The highest BCUT2D eigenvalue weighted by atomic mass is 16.5. The average molecular weight is 358 g/mol. The van der Waals surface area contributed by atoms with Gasteiger partial charge in [-0.3, -0.25) is 9.59 Å². The topological polar surface area (TPSA) is 153 Å². The highest BCUT2D eigenvalue weighted by Crippen LogP contribution is 2.36. The highest BCUT2D eigenvalue weighted by molar-refractivity contribution is 6.52. The lowest BCUT2D eigenvalue weighted by Crippen LogP contribution is -2.25. The summed E-state index contributed by atoms with van der Waals surface area (Å²) < 4.78 is 9.03. The number of rotatable bonds is 3. The van der Waals surface area contributed by atoms with Crippen LogP contribution in [0.25, 0.3) is 11.3 Å². The third-order valence-corrected chi connectivity index (χ3v) is 3.78. The molecule has 0 spiro atoms. The standard InChI is InChI=1S/C16H10N2O8/c1-25-15(23)7-3-5(14(21)22)9-10-6(4-8(17-10)16(24)26-2)12(19)13(20)11(9)18-7/h3-4,17H,1-2H3,(H,21,22). The van der Waals surface area contributed by atoms with Crippen molar-refractivity contribution in [3.8, 4) is 11.3 Å². The monoisotopic (exact) mass is 358 g/mol. The summed E-state index contributed by atoms with van der Waals surface area (Å²) in [5.74, 6) is -5.34. The number of esters is 2. The van der Waals surface area contributed by atoms with E-state index in [0.29, 0.717) is 0 Å². The number of fused-ring (bicyclic) bond motifs is 3. The van der Waals surface area contributed by atoms with E-state index in [4.69, 9.17) is 0 Å². The number of carbonyl (C=O) groups excluding carboxylic acids is 4. The van der Waals surface area contributed by atoms with Gasteiger partial charge in [0.2, 0.25) is 5.78 Å². The largest absolute Gasteiger partial charge is 0.478 e. The van der Waals surface area contributed by atoms with E-state index in [2.05, 4.69) is 19.4 Å². The summed E-state index contributed by atoms with van der Waals surface area (Å²) in [7, 11) is 2.18. The van der Waals surface area contributed by atoms with Crippen molar-refractivity contribution in [2.75, 3.05) is 14.2 Å². The van der Waals surface area contributed by atoms with Crippen molar-refractivity contribution in [2.24, 2.45) is 0 Å². The maximum Gasteiger partial charge on any atom is 0.356 e. The van der Waals surface area contributed by atoms with Crippen LogP contribution < -0.4 is 0 Å². The van der Waals surface area contributed by atoms with Gasteiger partial charge in [0.05, 0.1) is 31.0 Å². The number of aromatic amines is 1. The fourth-order valence-electron chi connectivity index (χ4n) is 2.62. The van der Waals surface area contributed by atoms with Crippen molar-refractivity contribution in [3.05, 3.63) is 40.3 Å². The van der Waals surface area contributed by atoms with Crippen LogP contribution in [0.5, 0.6) is 0 Å². The molecule has 0 aliphatic heterocycles. The number of nitrogens with zero attached hydrogens (tertiary/aromatic N) is 1. The summed E-state index contributed by atoms with van der Waals surface area (Å²) in [5, 5.41) is 9.48. The molecule has 10 nitrogen and oxygen atoms in total. The van der Waals surface area contributed by atoms with Crippen LogP contribution in [0.2, 0.25) is 0 Å². The van der Waals surface area contributed by atoms with Crippen molar-refractivity contribution in [1.82, 2.24) is 9.97 Å². The first kappa shape index (κ1) is 17.0. The zero-order chi connectivity index (χ0) is 19.2. The van der Waals surface area contributed by atoms with Crippen molar-refractivity contribution >= 4 is 29.5 Å². The predicted octanol–water partition coefficient (Wildman–Crippen LogP) is 0.727. The molecule has 0 atom stereocenters. The second kappa shape index (κ2) is 5.92. The second-order valence-corrected chi connectivity index (χ2v) is 5.20. The van der Waals surface area contributed by atoms with Gasteiger partial charge in [-0.15, -0.1) is 0 Å². The number of ketones is 2. The number of hydrogen-bond donors (Lipinski definition) is 2. The molecule has 26 heavy (non-hydrogen) atoms. The molecular weight excluding hydrogens is 348 g/mol. The van der Waals surface area contributed by atoms with Crippen LogP contribution in [-0.4, -0.2) is 58.8 Å². The summed E-state index contributed by atoms with van der Waals surface area (Å²) >= 11 is 0. The molecule has 3 rings (SSSR count). The molecule has 10 heteroatoms. The Kier molecular flexibility index (Phi) is 3.87. The van der Waals surface area contributed by atoms with E-state index >= 15 is 0 Å². The molecule has 2 heterocycles. The number of pyridine rings is 1. The van der Waals surface area contributed by atoms with Gasteiger partial charge in [-0.1, -0.05) is 0 Å². The minimum Gasteiger partial charge on any atom is -0.478 e. The SMILES string of the molecule is COC(=O)c1cc(C(=O)O)c2c(n1)C(=O)C(=O)c1cc(C(=O)OC)[nH]c1-2. The Morgan fingerprint density at radius 3 is 2.27 bits per heavy atom. The van der Waals surface area contributed by atoms with E-state index in [1.165, 1.54) is 0 Å². The molecule has 2 aromatic rings. The van der Waals surface area contributed by atoms with E-state index < -0.39 is 46.4 Å². The molecule has 0 unspecified atom stereocenters. The third-order valence-electron chi connectivity index (χ3n) is 3.78. The van der Waals surface area contributed by atoms with Crippen LogP contribution in [-0.2, 0) is 9.47 Å². The smallest absolute Gasteiger partial charge is 0.356 e. The molecule has 0 aromatic carbocycles.